The summed E-state index contributed by atoms with van der Waals surface area (Å²) in [5.74, 6) is 0. The number of hydrogen-bond donors (Lipinski definition) is 1. The zero-order valence-corrected chi connectivity index (χ0v) is 14.3. The van der Waals surface area contributed by atoms with Crippen LogP contribution < -0.4 is 5.43 Å². The fourth-order valence-electron chi connectivity index (χ4n) is 0.833. The zero-order valence-electron chi connectivity index (χ0n) is 9.56. The van der Waals surface area contributed by atoms with Crippen molar-refractivity contribution in [2.75, 3.05) is 6.26 Å². The molecule has 105 valence electrons. The van der Waals surface area contributed by atoms with Crippen LogP contribution >= 0.6 is 43.4 Å². The van der Waals surface area contributed by atoms with Crippen LogP contribution in [0.2, 0.25) is 0 Å². The van der Waals surface area contributed by atoms with Gasteiger partial charge in [-0.3, -0.25) is 10.4 Å². The summed E-state index contributed by atoms with van der Waals surface area (Å²) in [6.45, 7) is 1.94. The number of aryl methyl sites for hydroxylation is 1. The molecule has 0 aliphatic rings. The maximum Gasteiger partial charge on any atom is -0.870 e. The predicted molar refractivity (Wildman–Crippen MR) is 79.5 cm³/mol. The number of hydrazone groups is 1. The van der Waals surface area contributed by atoms with Gasteiger partial charge < -0.3 is 5.48 Å². The van der Waals surface area contributed by atoms with Crippen LogP contribution in [0.15, 0.2) is 23.3 Å². The van der Waals surface area contributed by atoms with Gasteiger partial charge in [0.15, 0.2) is 4.32 Å². The van der Waals surface area contributed by atoms with E-state index in [2.05, 4.69) is 15.5 Å². The van der Waals surface area contributed by atoms with Crippen LogP contribution in [0.3, 0.4) is 0 Å². The van der Waals surface area contributed by atoms with E-state index in [0.717, 1.165) is 11.4 Å². The maximum atomic E-state index is 4.91. The van der Waals surface area contributed by atoms with Crippen molar-refractivity contribution < 1.29 is 20.6 Å². The molecule has 0 aromatic carbocycles. The van der Waals surface area contributed by atoms with Crippen LogP contribution in [0.25, 0.3) is 0 Å². The second-order valence-electron chi connectivity index (χ2n) is 2.61. The Labute approximate surface area is 132 Å². The average Bonchev–Trinajstić information content (AvgIpc) is 2.30. The molecule has 0 unspecified atom stereocenters. The molecule has 0 aliphatic heterocycles. The smallest absolute Gasteiger partial charge is 0.870 e. The minimum absolute atomic E-state index is 0. The topological polar surface area (TPSA) is 67.3 Å². The van der Waals surface area contributed by atoms with Crippen LogP contribution in [0.1, 0.15) is 11.4 Å². The first-order valence-corrected chi connectivity index (χ1v) is 10.1. The third kappa shape index (κ3) is 11.3. The normalized spacial score (nSPS) is 9.33. The Hall–Kier alpha value is 0.223. The molecule has 0 aliphatic carbocycles. The summed E-state index contributed by atoms with van der Waals surface area (Å²) in [6, 6.07) is 5.77. The van der Waals surface area contributed by atoms with Gasteiger partial charge in [-0.2, -0.15) is 5.10 Å². The van der Waals surface area contributed by atoms with Crippen LogP contribution in [-0.2, 0) is 15.1 Å². The van der Waals surface area contributed by atoms with E-state index in [1.54, 1.807) is 6.21 Å². The van der Waals surface area contributed by atoms with Gasteiger partial charge in [0.05, 0.1) is 11.9 Å². The molecule has 0 spiro atoms. The quantitative estimate of drug-likeness (QED) is 0.347. The van der Waals surface area contributed by atoms with Crippen LogP contribution in [0, 0.1) is 6.92 Å². The van der Waals surface area contributed by atoms with Crippen molar-refractivity contribution in [2.24, 2.45) is 5.10 Å². The summed E-state index contributed by atoms with van der Waals surface area (Å²) in [4.78, 5) is 4.26. The Morgan fingerprint density at radius 2 is 2.17 bits per heavy atom. The predicted octanol–water partition coefficient (Wildman–Crippen LogP) is 3.16. The first-order valence-electron chi connectivity index (χ1n) is 4.28. The second kappa shape index (κ2) is 13.7. The minimum Gasteiger partial charge on any atom is -0.870 e. The summed E-state index contributed by atoms with van der Waals surface area (Å²) < 4.78 is 0.647. The zero-order chi connectivity index (χ0) is 13.1. The molecule has 0 atom stereocenters. The molecule has 0 radical (unpaired) electrons. The third-order valence-electron chi connectivity index (χ3n) is 1.45. The van der Waals surface area contributed by atoms with Crippen molar-refractivity contribution in [1.82, 2.24) is 10.4 Å². The number of hydrogen-bond acceptors (Lipinski definition) is 5. The standard InChI is InChI=1S/C9H11N3S2.2ClH.H2O.Rh/c1-7-4-3-5-8(11-7)6-10-12-9(13)14-2;;;;/h3-6H,1-2H3,(H,12,13);2*1H;1H2;/q;;;;+2/p-3. The summed E-state index contributed by atoms with van der Waals surface area (Å²) >= 11 is 6.14. The van der Waals surface area contributed by atoms with Gasteiger partial charge in [0, 0.05) is 5.69 Å². The fourth-order valence-corrected chi connectivity index (χ4v) is 1.03. The molecule has 0 saturated heterocycles. The van der Waals surface area contributed by atoms with Gasteiger partial charge in [0.2, 0.25) is 0 Å². The number of rotatable bonds is 2. The van der Waals surface area contributed by atoms with Gasteiger partial charge in [0.25, 0.3) is 0 Å². The number of aromatic nitrogens is 1. The van der Waals surface area contributed by atoms with Crippen molar-refractivity contribution >= 4 is 53.9 Å². The molecule has 0 saturated carbocycles. The molecule has 1 rings (SSSR count). The molecular formula is C9H12Cl2N3ORhS2-. The molecule has 4 nitrogen and oxygen atoms in total. The number of nitrogens with zero attached hydrogens (tertiary/aromatic N) is 2. The number of thiocarbonyl (C=S) groups is 1. The molecule has 0 fully saturated rings. The monoisotopic (exact) mass is 415 g/mol. The largest absolute Gasteiger partial charge is 0.870 e. The van der Waals surface area contributed by atoms with E-state index >= 15 is 0 Å². The van der Waals surface area contributed by atoms with Crippen LogP contribution in [0.4, 0.5) is 0 Å². The van der Waals surface area contributed by atoms with E-state index in [-0.39, 0.29) is 20.6 Å². The third-order valence-corrected chi connectivity index (χ3v) is 2.50. The molecule has 1 heterocycles. The van der Waals surface area contributed by atoms with E-state index in [1.165, 1.54) is 11.8 Å². The van der Waals surface area contributed by atoms with Gasteiger partial charge >= 0.3 is 34.5 Å². The van der Waals surface area contributed by atoms with E-state index in [9.17, 15) is 0 Å². The van der Waals surface area contributed by atoms with Crippen molar-refractivity contribution in [2.45, 2.75) is 6.92 Å². The molecule has 2 N–H and O–H groups in total. The minimum atomic E-state index is -0.226. The van der Waals surface area contributed by atoms with E-state index in [1.807, 2.05) is 31.4 Å². The van der Waals surface area contributed by atoms with E-state index in [0.29, 0.717) is 4.32 Å². The summed E-state index contributed by atoms with van der Waals surface area (Å²) in [7, 11) is 9.67. The summed E-state index contributed by atoms with van der Waals surface area (Å²) in [5.41, 5.74) is 4.52. The number of thioether (sulfide) groups is 1. The molecule has 0 amide bonds. The number of pyridine rings is 1. The first kappa shape index (κ1) is 20.5. The Morgan fingerprint density at radius 1 is 1.56 bits per heavy atom. The van der Waals surface area contributed by atoms with E-state index in [4.69, 9.17) is 31.6 Å². The van der Waals surface area contributed by atoms with Crippen molar-refractivity contribution in [3.05, 3.63) is 29.6 Å². The van der Waals surface area contributed by atoms with Gasteiger partial charge in [-0.05, 0) is 25.3 Å². The molecule has 0 bridgehead atoms. The summed E-state index contributed by atoms with van der Waals surface area (Å²) in [5, 5.41) is 3.95. The average molecular weight is 416 g/mol. The number of nitrogens with one attached hydrogen (secondary N) is 1. The van der Waals surface area contributed by atoms with Gasteiger partial charge in [-0.1, -0.05) is 30.0 Å². The Bertz CT molecular complexity index is 383. The van der Waals surface area contributed by atoms with Gasteiger partial charge in [0.1, 0.15) is 0 Å². The Morgan fingerprint density at radius 3 is 2.67 bits per heavy atom. The molecule has 18 heavy (non-hydrogen) atoms. The van der Waals surface area contributed by atoms with Crippen molar-refractivity contribution in [1.29, 1.82) is 0 Å². The van der Waals surface area contributed by atoms with Gasteiger partial charge in [-0.15, -0.1) is 0 Å². The summed E-state index contributed by atoms with van der Waals surface area (Å²) in [6.07, 6.45) is 3.55. The van der Waals surface area contributed by atoms with Gasteiger partial charge in [-0.25, -0.2) is 0 Å². The molecule has 1 aromatic heterocycles. The molecule has 1 aromatic rings. The second-order valence-corrected chi connectivity index (χ2v) is 6.58. The van der Waals surface area contributed by atoms with Crippen molar-refractivity contribution in [3.63, 3.8) is 0 Å². The van der Waals surface area contributed by atoms with E-state index < -0.39 is 0 Å². The number of halogens is 2. The maximum absolute atomic E-state index is 4.91. The SMILES string of the molecule is CSC(=S)NN=Cc1cccc(C)n1.[Cl][Rh][Cl].[OH-]. The Kier molecular flexibility index (Phi) is 15.6. The Balaban J connectivity index is 0. The first-order chi connectivity index (χ1) is 8.13. The van der Waals surface area contributed by atoms with Crippen LogP contribution in [0.5, 0.6) is 0 Å². The van der Waals surface area contributed by atoms with Crippen LogP contribution in [-0.4, -0.2) is 27.3 Å². The van der Waals surface area contributed by atoms with Crippen molar-refractivity contribution in [3.8, 4) is 0 Å². The molecular weight excluding hydrogens is 404 g/mol. The fraction of sp³-hybridized carbons (Fsp3) is 0.222. The molecule has 9 heteroatoms.